The van der Waals surface area contributed by atoms with Gasteiger partial charge in [0.05, 0.1) is 0 Å². The molecule has 62 valence electrons. The number of rotatable bonds is 2. The molecule has 0 radical (unpaired) electrons. The highest BCUT2D eigenvalue weighted by atomic mass is 32.1. The molecule has 1 rings (SSSR count). The van der Waals surface area contributed by atoms with E-state index >= 15 is 0 Å². The number of hydrogen-bond donors (Lipinski definition) is 1. The van der Waals surface area contributed by atoms with Gasteiger partial charge in [-0.3, -0.25) is 0 Å². The van der Waals surface area contributed by atoms with Crippen LogP contribution < -0.4 is 5.73 Å². The fraction of sp³-hybridized carbons (Fsp3) is 0.556. The normalized spacial score (nSPS) is 13.9. The summed E-state index contributed by atoms with van der Waals surface area (Å²) in [6.07, 6.45) is 0. The van der Waals surface area contributed by atoms with Crippen LogP contribution in [0.2, 0.25) is 0 Å². The minimum absolute atomic E-state index is 0.187. The van der Waals surface area contributed by atoms with Gasteiger partial charge in [-0.2, -0.15) is 0 Å². The third-order valence-corrected chi connectivity index (χ3v) is 3.25. The van der Waals surface area contributed by atoms with Crippen LogP contribution in [0, 0.1) is 0 Å². The first-order valence-corrected chi connectivity index (χ1v) is 4.78. The van der Waals surface area contributed by atoms with Crippen molar-refractivity contribution in [3.05, 3.63) is 21.9 Å². The molecule has 0 aromatic carbocycles. The molecule has 0 aliphatic carbocycles. The average molecular weight is 169 g/mol. The summed E-state index contributed by atoms with van der Waals surface area (Å²) in [7, 11) is 0. The van der Waals surface area contributed by atoms with Crippen molar-refractivity contribution < 1.29 is 0 Å². The molecule has 11 heavy (non-hydrogen) atoms. The van der Waals surface area contributed by atoms with Gasteiger partial charge in [-0.15, -0.1) is 11.3 Å². The topological polar surface area (TPSA) is 26.0 Å². The highest BCUT2D eigenvalue weighted by molar-refractivity contribution is 7.12. The van der Waals surface area contributed by atoms with Gasteiger partial charge in [-0.05, 0) is 25.0 Å². The lowest BCUT2D eigenvalue weighted by atomic mass is 10.2. The Morgan fingerprint density at radius 2 is 1.73 bits per heavy atom. The maximum Gasteiger partial charge on any atom is 0.0361 e. The van der Waals surface area contributed by atoms with E-state index < -0.39 is 0 Å². The SMILES string of the molecule is CC(C)c1ccc(C(C)N)s1. The molecule has 1 heterocycles. The zero-order valence-electron chi connectivity index (χ0n) is 7.29. The van der Waals surface area contributed by atoms with Gasteiger partial charge in [0.1, 0.15) is 0 Å². The molecule has 1 atom stereocenters. The van der Waals surface area contributed by atoms with Gasteiger partial charge >= 0.3 is 0 Å². The quantitative estimate of drug-likeness (QED) is 0.723. The molecule has 0 saturated heterocycles. The second-order valence-corrected chi connectivity index (χ2v) is 4.33. The maximum absolute atomic E-state index is 5.74. The maximum atomic E-state index is 5.74. The number of hydrogen-bond acceptors (Lipinski definition) is 2. The predicted octanol–water partition coefficient (Wildman–Crippen LogP) is 2.89. The van der Waals surface area contributed by atoms with Crippen LogP contribution in [0.25, 0.3) is 0 Å². The monoisotopic (exact) mass is 169 g/mol. The minimum atomic E-state index is 0.187. The van der Waals surface area contributed by atoms with Gasteiger partial charge in [0.25, 0.3) is 0 Å². The fourth-order valence-corrected chi connectivity index (χ4v) is 1.89. The molecule has 0 fully saturated rings. The van der Waals surface area contributed by atoms with Gasteiger partial charge < -0.3 is 5.73 Å². The van der Waals surface area contributed by atoms with E-state index in [1.807, 2.05) is 18.3 Å². The molecule has 1 nitrogen and oxygen atoms in total. The highest BCUT2D eigenvalue weighted by Crippen LogP contribution is 2.26. The summed E-state index contributed by atoms with van der Waals surface area (Å²) in [6.45, 7) is 6.43. The molecule has 1 unspecified atom stereocenters. The molecule has 0 amide bonds. The summed E-state index contributed by atoms with van der Waals surface area (Å²) in [5.41, 5.74) is 5.74. The first-order valence-electron chi connectivity index (χ1n) is 3.96. The van der Waals surface area contributed by atoms with Crippen LogP contribution in [0.3, 0.4) is 0 Å². The van der Waals surface area contributed by atoms with Gasteiger partial charge in [-0.25, -0.2) is 0 Å². The lowest BCUT2D eigenvalue weighted by Gasteiger charge is -2.00. The number of thiophene rings is 1. The fourth-order valence-electron chi connectivity index (χ4n) is 0.923. The Bertz CT molecular complexity index is 203. The third kappa shape index (κ3) is 2.04. The average Bonchev–Trinajstić information content (AvgIpc) is 2.33. The predicted molar refractivity (Wildman–Crippen MR) is 51.0 cm³/mol. The van der Waals surface area contributed by atoms with Crippen LogP contribution in [-0.4, -0.2) is 0 Å². The van der Waals surface area contributed by atoms with E-state index in [0.717, 1.165) is 0 Å². The van der Waals surface area contributed by atoms with E-state index in [-0.39, 0.29) is 6.04 Å². The van der Waals surface area contributed by atoms with Crippen molar-refractivity contribution >= 4 is 11.3 Å². The standard InChI is InChI=1S/C9H15NS/c1-6(2)8-4-5-9(11-8)7(3)10/h4-7H,10H2,1-3H3. The third-order valence-electron chi connectivity index (χ3n) is 1.67. The molecule has 0 aliphatic rings. The van der Waals surface area contributed by atoms with Crippen molar-refractivity contribution in [1.29, 1.82) is 0 Å². The van der Waals surface area contributed by atoms with Crippen molar-refractivity contribution in [2.75, 3.05) is 0 Å². The molecule has 1 aromatic heterocycles. The van der Waals surface area contributed by atoms with E-state index in [4.69, 9.17) is 5.73 Å². The Balaban J connectivity index is 2.82. The molecule has 0 aliphatic heterocycles. The largest absolute Gasteiger partial charge is 0.324 e. The van der Waals surface area contributed by atoms with E-state index in [2.05, 4.69) is 26.0 Å². The molecule has 0 bridgehead atoms. The highest BCUT2D eigenvalue weighted by Gasteiger charge is 2.05. The molecule has 0 saturated carbocycles. The number of nitrogens with two attached hydrogens (primary N) is 1. The minimum Gasteiger partial charge on any atom is -0.324 e. The van der Waals surface area contributed by atoms with Gasteiger partial charge in [0.2, 0.25) is 0 Å². The Morgan fingerprint density at radius 1 is 1.18 bits per heavy atom. The van der Waals surface area contributed by atoms with E-state index in [9.17, 15) is 0 Å². The summed E-state index contributed by atoms with van der Waals surface area (Å²) >= 11 is 1.82. The summed E-state index contributed by atoms with van der Waals surface area (Å²) in [4.78, 5) is 2.71. The lowest BCUT2D eigenvalue weighted by molar-refractivity contribution is 0.838. The van der Waals surface area contributed by atoms with Gasteiger partial charge in [-0.1, -0.05) is 13.8 Å². The molecular formula is C9H15NS. The summed E-state index contributed by atoms with van der Waals surface area (Å²) in [5.74, 6) is 0.632. The second kappa shape index (κ2) is 3.37. The Labute approximate surface area is 72.2 Å². The lowest BCUT2D eigenvalue weighted by Crippen LogP contribution is -2.01. The molecule has 1 aromatic rings. The second-order valence-electron chi connectivity index (χ2n) is 3.18. The smallest absolute Gasteiger partial charge is 0.0361 e. The first kappa shape index (κ1) is 8.75. The van der Waals surface area contributed by atoms with Crippen molar-refractivity contribution in [3.63, 3.8) is 0 Å². The van der Waals surface area contributed by atoms with Crippen molar-refractivity contribution in [2.24, 2.45) is 5.73 Å². The summed E-state index contributed by atoms with van der Waals surface area (Å²) < 4.78 is 0. The van der Waals surface area contributed by atoms with Gasteiger partial charge in [0, 0.05) is 15.8 Å². The van der Waals surface area contributed by atoms with Crippen LogP contribution in [0.5, 0.6) is 0 Å². The van der Waals surface area contributed by atoms with Crippen LogP contribution >= 0.6 is 11.3 Å². The first-order chi connectivity index (χ1) is 5.11. The van der Waals surface area contributed by atoms with Crippen LogP contribution in [0.4, 0.5) is 0 Å². The van der Waals surface area contributed by atoms with Crippen LogP contribution in [0.15, 0.2) is 12.1 Å². The van der Waals surface area contributed by atoms with E-state index in [0.29, 0.717) is 5.92 Å². The Hall–Kier alpha value is -0.340. The van der Waals surface area contributed by atoms with Crippen molar-refractivity contribution in [3.8, 4) is 0 Å². The Kier molecular flexibility index (Phi) is 2.68. The van der Waals surface area contributed by atoms with Crippen LogP contribution in [-0.2, 0) is 0 Å². The van der Waals surface area contributed by atoms with Gasteiger partial charge in [0.15, 0.2) is 0 Å². The zero-order chi connectivity index (χ0) is 8.43. The molecular weight excluding hydrogens is 154 g/mol. The zero-order valence-corrected chi connectivity index (χ0v) is 8.11. The molecule has 2 heteroatoms. The summed E-state index contributed by atoms with van der Waals surface area (Å²) in [5, 5.41) is 0. The Morgan fingerprint density at radius 3 is 2.00 bits per heavy atom. The van der Waals surface area contributed by atoms with Crippen molar-refractivity contribution in [1.82, 2.24) is 0 Å². The van der Waals surface area contributed by atoms with Crippen molar-refractivity contribution in [2.45, 2.75) is 32.7 Å². The van der Waals surface area contributed by atoms with Crippen LogP contribution in [0.1, 0.15) is 42.5 Å². The van der Waals surface area contributed by atoms with E-state index in [1.165, 1.54) is 9.75 Å². The summed E-state index contributed by atoms with van der Waals surface area (Å²) in [6, 6.07) is 4.49. The molecule has 0 spiro atoms. The van der Waals surface area contributed by atoms with E-state index in [1.54, 1.807) is 0 Å². The molecule has 2 N–H and O–H groups in total.